The number of benzene rings is 1. The van der Waals surface area contributed by atoms with Crippen LogP contribution < -0.4 is 10.2 Å². The van der Waals surface area contributed by atoms with E-state index in [0.29, 0.717) is 6.54 Å². The quantitative estimate of drug-likeness (QED) is 0.869. The molecule has 3 nitrogen and oxygen atoms in total. The predicted octanol–water partition coefficient (Wildman–Crippen LogP) is 3.09. The van der Waals surface area contributed by atoms with Crippen molar-refractivity contribution in [2.75, 3.05) is 18.5 Å². The van der Waals surface area contributed by atoms with Crippen LogP contribution in [0.25, 0.3) is 0 Å². The monoisotopic (exact) mass is 278 g/mol. The van der Waals surface area contributed by atoms with Crippen LogP contribution in [0.15, 0.2) is 18.2 Å². The minimum Gasteiger partial charge on any atom is -0.389 e. The van der Waals surface area contributed by atoms with E-state index in [1.54, 1.807) is 0 Å². The molecule has 1 aromatic rings. The van der Waals surface area contributed by atoms with Gasteiger partial charge in [-0.25, -0.2) is 0 Å². The van der Waals surface area contributed by atoms with Gasteiger partial charge in [0.25, 0.3) is 0 Å². The number of aliphatic hydroxyl groups is 1. The zero-order chi connectivity index (χ0) is 15.6. The van der Waals surface area contributed by atoms with Crippen molar-refractivity contribution >= 4 is 5.69 Å². The van der Waals surface area contributed by atoms with Crippen LogP contribution in [0.4, 0.5) is 5.69 Å². The first-order valence-corrected chi connectivity index (χ1v) is 7.26. The molecular weight excluding hydrogens is 248 g/mol. The summed E-state index contributed by atoms with van der Waals surface area (Å²) in [6, 6.07) is 6.51. The van der Waals surface area contributed by atoms with Gasteiger partial charge in [-0.1, -0.05) is 12.1 Å². The lowest BCUT2D eigenvalue weighted by Crippen LogP contribution is -2.36. The van der Waals surface area contributed by atoms with Crippen LogP contribution in [0.5, 0.6) is 0 Å². The summed E-state index contributed by atoms with van der Waals surface area (Å²) in [5.74, 6) is 0. The van der Waals surface area contributed by atoms with Gasteiger partial charge < -0.3 is 15.3 Å². The van der Waals surface area contributed by atoms with Crippen LogP contribution >= 0.6 is 0 Å². The Hall–Kier alpha value is -1.06. The van der Waals surface area contributed by atoms with Crippen LogP contribution in [0.1, 0.15) is 45.7 Å². The fourth-order valence-electron chi connectivity index (χ4n) is 2.29. The maximum atomic E-state index is 9.92. The molecule has 0 aliphatic carbocycles. The van der Waals surface area contributed by atoms with E-state index in [4.69, 9.17) is 0 Å². The zero-order valence-electron chi connectivity index (χ0n) is 14.0. The molecule has 0 radical (unpaired) electrons. The SMILES string of the molecule is Cc1cc(CNC(C)(C)C)ccc1N(C)CC(C)(C)O. The molecule has 3 heteroatoms. The van der Waals surface area contributed by atoms with E-state index in [2.05, 4.69) is 56.1 Å². The van der Waals surface area contributed by atoms with Gasteiger partial charge in [-0.05, 0) is 58.7 Å². The van der Waals surface area contributed by atoms with Crippen molar-refractivity contribution in [1.29, 1.82) is 0 Å². The van der Waals surface area contributed by atoms with Crippen molar-refractivity contribution in [3.63, 3.8) is 0 Å². The van der Waals surface area contributed by atoms with Gasteiger partial charge in [0.15, 0.2) is 0 Å². The molecule has 0 bridgehead atoms. The Morgan fingerprint density at radius 3 is 2.20 bits per heavy atom. The Bertz CT molecular complexity index is 441. The lowest BCUT2D eigenvalue weighted by Gasteiger charge is -2.29. The fraction of sp³-hybridized carbons (Fsp3) is 0.647. The van der Waals surface area contributed by atoms with Gasteiger partial charge in [0.05, 0.1) is 5.60 Å². The van der Waals surface area contributed by atoms with Crippen molar-refractivity contribution < 1.29 is 5.11 Å². The zero-order valence-corrected chi connectivity index (χ0v) is 14.0. The molecule has 1 rings (SSSR count). The Morgan fingerprint density at radius 2 is 1.75 bits per heavy atom. The minimum atomic E-state index is -0.687. The van der Waals surface area contributed by atoms with E-state index >= 15 is 0 Å². The summed E-state index contributed by atoms with van der Waals surface area (Å²) in [5, 5.41) is 13.4. The highest BCUT2D eigenvalue weighted by atomic mass is 16.3. The first kappa shape index (κ1) is 17.0. The van der Waals surface area contributed by atoms with Crippen molar-refractivity contribution in [3.05, 3.63) is 29.3 Å². The molecule has 0 aliphatic rings. The van der Waals surface area contributed by atoms with Gasteiger partial charge in [0, 0.05) is 31.4 Å². The van der Waals surface area contributed by atoms with Gasteiger partial charge in [-0.15, -0.1) is 0 Å². The van der Waals surface area contributed by atoms with Crippen LogP contribution in [0.3, 0.4) is 0 Å². The number of nitrogens with one attached hydrogen (secondary N) is 1. The largest absolute Gasteiger partial charge is 0.389 e. The molecule has 20 heavy (non-hydrogen) atoms. The summed E-state index contributed by atoms with van der Waals surface area (Å²) in [6.07, 6.45) is 0. The number of hydrogen-bond donors (Lipinski definition) is 2. The molecule has 2 N–H and O–H groups in total. The topological polar surface area (TPSA) is 35.5 Å². The third kappa shape index (κ3) is 5.93. The third-order valence-electron chi connectivity index (χ3n) is 3.12. The Kier molecular flexibility index (Phi) is 5.22. The number of anilines is 1. The average Bonchev–Trinajstić information content (AvgIpc) is 2.22. The van der Waals surface area contributed by atoms with E-state index in [0.717, 1.165) is 6.54 Å². The van der Waals surface area contributed by atoms with Gasteiger partial charge in [-0.2, -0.15) is 0 Å². The normalized spacial score (nSPS) is 12.6. The standard InChI is InChI=1S/C17H30N2O/c1-13-10-14(11-18-16(2,3)4)8-9-15(13)19(7)12-17(5,6)20/h8-10,18,20H,11-12H2,1-7H3. The molecule has 0 atom stereocenters. The van der Waals surface area contributed by atoms with E-state index in [-0.39, 0.29) is 5.54 Å². The highest BCUT2D eigenvalue weighted by Crippen LogP contribution is 2.22. The van der Waals surface area contributed by atoms with E-state index in [9.17, 15) is 5.11 Å². The summed E-state index contributed by atoms with van der Waals surface area (Å²) in [4.78, 5) is 2.11. The smallest absolute Gasteiger partial charge is 0.0765 e. The fourth-order valence-corrected chi connectivity index (χ4v) is 2.29. The second kappa shape index (κ2) is 6.15. The van der Waals surface area contributed by atoms with Gasteiger partial charge in [0.2, 0.25) is 0 Å². The van der Waals surface area contributed by atoms with Crippen LogP contribution in [0, 0.1) is 6.92 Å². The molecule has 0 aromatic heterocycles. The van der Waals surface area contributed by atoms with E-state index < -0.39 is 5.60 Å². The molecule has 114 valence electrons. The summed E-state index contributed by atoms with van der Waals surface area (Å²) in [6.45, 7) is 13.8. The second-order valence-electron chi connectivity index (χ2n) is 7.39. The van der Waals surface area contributed by atoms with Crippen molar-refractivity contribution in [2.24, 2.45) is 0 Å². The molecule has 0 saturated heterocycles. The van der Waals surface area contributed by atoms with Crippen molar-refractivity contribution in [2.45, 2.75) is 59.2 Å². The summed E-state index contributed by atoms with van der Waals surface area (Å²) in [5.41, 5.74) is 3.15. The maximum Gasteiger partial charge on any atom is 0.0765 e. The molecule has 0 amide bonds. The Labute approximate surface area is 124 Å². The van der Waals surface area contributed by atoms with Crippen LogP contribution in [0.2, 0.25) is 0 Å². The highest BCUT2D eigenvalue weighted by Gasteiger charge is 2.17. The maximum absolute atomic E-state index is 9.92. The number of hydrogen-bond acceptors (Lipinski definition) is 3. The van der Waals surface area contributed by atoms with Crippen molar-refractivity contribution in [1.82, 2.24) is 5.32 Å². The summed E-state index contributed by atoms with van der Waals surface area (Å²) in [7, 11) is 2.02. The van der Waals surface area contributed by atoms with Crippen LogP contribution in [-0.4, -0.2) is 29.8 Å². The minimum absolute atomic E-state index is 0.129. The number of rotatable bonds is 5. The first-order chi connectivity index (χ1) is 8.98. The molecule has 1 aromatic carbocycles. The Morgan fingerprint density at radius 1 is 1.15 bits per heavy atom. The number of likely N-dealkylation sites (N-methyl/N-ethyl adjacent to an activating group) is 1. The molecule has 0 fully saturated rings. The Balaban J connectivity index is 2.78. The number of nitrogens with zero attached hydrogens (tertiary/aromatic N) is 1. The lowest BCUT2D eigenvalue weighted by atomic mass is 10.0. The van der Waals surface area contributed by atoms with E-state index in [1.807, 2.05) is 20.9 Å². The average molecular weight is 278 g/mol. The van der Waals surface area contributed by atoms with E-state index in [1.165, 1.54) is 16.8 Å². The van der Waals surface area contributed by atoms with Crippen LogP contribution in [-0.2, 0) is 6.54 Å². The molecule has 0 spiro atoms. The summed E-state index contributed by atoms with van der Waals surface area (Å²) < 4.78 is 0. The lowest BCUT2D eigenvalue weighted by molar-refractivity contribution is 0.0886. The molecule has 0 saturated carbocycles. The molecular formula is C17H30N2O. The van der Waals surface area contributed by atoms with Gasteiger partial charge >= 0.3 is 0 Å². The summed E-state index contributed by atoms with van der Waals surface area (Å²) >= 11 is 0. The first-order valence-electron chi connectivity index (χ1n) is 7.26. The number of aryl methyl sites for hydroxylation is 1. The molecule has 0 heterocycles. The molecule has 0 unspecified atom stereocenters. The van der Waals surface area contributed by atoms with Gasteiger partial charge in [-0.3, -0.25) is 0 Å². The van der Waals surface area contributed by atoms with Gasteiger partial charge in [0.1, 0.15) is 0 Å². The second-order valence-corrected chi connectivity index (χ2v) is 7.39. The van der Waals surface area contributed by atoms with Crippen molar-refractivity contribution in [3.8, 4) is 0 Å². The third-order valence-corrected chi connectivity index (χ3v) is 3.12. The molecule has 0 aliphatic heterocycles. The predicted molar refractivity (Wildman–Crippen MR) is 87.3 cm³/mol. The highest BCUT2D eigenvalue weighted by molar-refractivity contribution is 5.54.